The highest BCUT2D eigenvalue weighted by atomic mass is 16.5. The monoisotopic (exact) mass is 237 g/mol. The van der Waals surface area contributed by atoms with Gasteiger partial charge < -0.3 is 15.2 Å². The van der Waals surface area contributed by atoms with Crippen LogP contribution >= 0.6 is 0 Å². The number of nitrogens with two attached hydrogens (primary N) is 1. The molecule has 2 heterocycles. The van der Waals surface area contributed by atoms with Gasteiger partial charge in [0, 0.05) is 18.7 Å². The summed E-state index contributed by atoms with van der Waals surface area (Å²) in [7, 11) is 0. The van der Waals surface area contributed by atoms with Crippen molar-refractivity contribution < 1.29 is 9.32 Å². The lowest BCUT2D eigenvalue weighted by Crippen LogP contribution is -2.47. The van der Waals surface area contributed by atoms with Gasteiger partial charge in [-0.2, -0.15) is 0 Å². The van der Waals surface area contributed by atoms with Crippen LogP contribution in [0.4, 0.5) is 0 Å². The largest absolute Gasteiger partial charge is 0.361 e. The Bertz CT molecular complexity index is 402. The van der Waals surface area contributed by atoms with Gasteiger partial charge in [0.15, 0.2) is 5.69 Å². The highest BCUT2D eigenvalue weighted by Crippen LogP contribution is 2.22. The second-order valence-corrected chi connectivity index (χ2v) is 4.81. The molecule has 0 aliphatic carbocycles. The first-order valence-electron chi connectivity index (χ1n) is 6.06. The summed E-state index contributed by atoms with van der Waals surface area (Å²) in [6.07, 6.45) is 2.10. The number of piperidine rings is 1. The van der Waals surface area contributed by atoms with Crippen molar-refractivity contribution in [1.82, 2.24) is 10.1 Å². The van der Waals surface area contributed by atoms with E-state index < -0.39 is 0 Å². The Kier molecular flexibility index (Phi) is 3.47. The average molecular weight is 237 g/mol. The number of aromatic nitrogens is 1. The molecule has 1 aromatic heterocycles. The van der Waals surface area contributed by atoms with E-state index in [0.717, 1.165) is 19.4 Å². The molecule has 1 aromatic rings. The van der Waals surface area contributed by atoms with E-state index in [9.17, 15) is 4.79 Å². The van der Waals surface area contributed by atoms with Gasteiger partial charge in [0.1, 0.15) is 5.76 Å². The lowest BCUT2D eigenvalue weighted by molar-refractivity contribution is 0.0556. The Morgan fingerprint density at radius 2 is 2.41 bits per heavy atom. The van der Waals surface area contributed by atoms with Gasteiger partial charge in [-0.1, -0.05) is 5.16 Å². The molecular weight excluding hydrogens is 218 g/mol. The van der Waals surface area contributed by atoms with Crippen LogP contribution in [0.25, 0.3) is 0 Å². The Hall–Kier alpha value is -1.36. The third-order valence-corrected chi connectivity index (χ3v) is 3.42. The Morgan fingerprint density at radius 3 is 3.00 bits per heavy atom. The van der Waals surface area contributed by atoms with Crippen molar-refractivity contribution in [2.45, 2.75) is 32.7 Å². The minimum Gasteiger partial charge on any atom is -0.361 e. The molecule has 0 aromatic carbocycles. The van der Waals surface area contributed by atoms with Gasteiger partial charge in [-0.3, -0.25) is 4.79 Å². The van der Waals surface area contributed by atoms with E-state index in [1.165, 1.54) is 0 Å². The molecule has 0 bridgehead atoms. The van der Waals surface area contributed by atoms with Gasteiger partial charge in [0.25, 0.3) is 5.91 Å². The van der Waals surface area contributed by atoms with Gasteiger partial charge in [-0.25, -0.2) is 0 Å². The molecule has 1 aliphatic heterocycles. The molecule has 1 saturated heterocycles. The predicted octanol–water partition coefficient (Wildman–Crippen LogP) is 1.18. The molecule has 1 amide bonds. The highest BCUT2D eigenvalue weighted by molar-refractivity contribution is 5.92. The van der Waals surface area contributed by atoms with Crippen LogP contribution in [0.5, 0.6) is 0 Å². The Labute approximate surface area is 101 Å². The Balaban J connectivity index is 2.12. The third kappa shape index (κ3) is 2.49. The SMILES string of the molecule is Cc1cc(C(=O)N2CC(CN)CCC2C)no1. The number of hydrogen-bond donors (Lipinski definition) is 1. The highest BCUT2D eigenvalue weighted by Gasteiger charge is 2.30. The maximum Gasteiger partial charge on any atom is 0.276 e. The van der Waals surface area contributed by atoms with Crippen LogP contribution in [0.1, 0.15) is 36.0 Å². The van der Waals surface area contributed by atoms with Crippen LogP contribution in [0.2, 0.25) is 0 Å². The minimum absolute atomic E-state index is 0.0486. The molecular formula is C12H19N3O2. The second kappa shape index (κ2) is 4.87. The molecule has 1 aliphatic rings. The number of carbonyl (C=O) groups is 1. The van der Waals surface area contributed by atoms with Gasteiger partial charge in [-0.15, -0.1) is 0 Å². The predicted molar refractivity (Wildman–Crippen MR) is 63.5 cm³/mol. The standard InChI is InChI=1S/C12H19N3O2/c1-8-3-4-10(6-13)7-15(8)12(16)11-5-9(2)17-14-11/h5,8,10H,3-4,6-7,13H2,1-2H3. The summed E-state index contributed by atoms with van der Waals surface area (Å²) in [5.74, 6) is 1.02. The number of amides is 1. The van der Waals surface area contributed by atoms with Crippen LogP contribution in [-0.4, -0.2) is 35.1 Å². The average Bonchev–Trinajstić information content (AvgIpc) is 2.76. The van der Waals surface area contributed by atoms with Crippen molar-refractivity contribution in [3.63, 3.8) is 0 Å². The third-order valence-electron chi connectivity index (χ3n) is 3.42. The maximum atomic E-state index is 12.2. The zero-order valence-electron chi connectivity index (χ0n) is 10.3. The smallest absolute Gasteiger partial charge is 0.276 e. The topological polar surface area (TPSA) is 72.4 Å². The number of hydrogen-bond acceptors (Lipinski definition) is 4. The maximum absolute atomic E-state index is 12.2. The lowest BCUT2D eigenvalue weighted by atomic mass is 9.93. The van der Waals surface area contributed by atoms with E-state index in [4.69, 9.17) is 10.3 Å². The number of nitrogens with zero attached hydrogens (tertiary/aromatic N) is 2. The summed E-state index contributed by atoms with van der Waals surface area (Å²) in [5, 5.41) is 3.78. The van der Waals surface area contributed by atoms with Crippen LogP contribution in [0.3, 0.4) is 0 Å². The zero-order valence-corrected chi connectivity index (χ0v) is 10.3. The number of aryl methyl sites for hydroxylation is 1. The lowest BCUT2D eigenvalue weighted by Gasteiger charge is -2.37. The fourth-order valence-electron chi connectivity index (χ4n) is 2.27. The zero-order chi connectivity index (χ0) is 12.4. The van der Waals surface area contributed by atoms with E-state index in [1.807, 2.05) is 4.90 Å². The molecule has 0 spiro atoms. The van der Waals surface area contributed by atoms with Crippen LogP contribution in [0.15, 0.2) is 10.6 Å². The first kappa shape index (κ1) is 12.1. The first-order chi connectivity index (χ1) is 8.11. The van der Waals surface area contributed by atoms with Gasteiger partial charge >= 0.3 is 0 Å². The normalized spacial score (nSPS) is 25.0. The van der Waals surface area contributed by atoms with Gasteiger partial charge in [0.05, 0.1) is 0 Å². The molecule has 2 rings (SSSR count). The molecule has 0 saturated carbocycles. The molecule has 0 radical (unpaired) electrons. The molecule has 5 nitrogen and oxygen atoms in total. The summed E-state index contributed by atoms with van der Waals surface area (Å²) in [4.78, 5) is 14.1. The van der Waals surface area contributed by atoms with Crippen molar-refractivity contribution in [3.05, 3.63) is 17.5 Å². The summed E-state index contributed by atoms with van der Waals surface area (Å²) in [5.41, 5.74) is 6.08. The quantitative estimate of drug-likeness (QED) is 0.838. The van der Waals surface area contributed by atoms with Crippen molar-refractivity contribution in [2.75, 3.05) is 13.1 Å². The van der Waals surface area contributed by atoms with Crippen molar-refractivity contribution in [2.24, 2.45) is 11.7 Å². The van der Waals surface area contributed by atoms with Crippen molar-refractivity contribution in [1.29, 1.82) is 0 Å². The minimum atomic E-state index is -0.0486. The summed E-state index contributed by atoms with van der Waals surface area (Å²) in [6.45, 7) is 5.21. The molecule has 2 atom stereocenters. The van der Waals surface area contributed by atoms with Gasteiger partial charge in [-0.05, 0) is 39.2 Å². The van der Waals surface area contributed by atoms with E-state index in [2.05, 4.69) is 12.1 Å². The fourth-order valence-corrected chi connectivity index (χ4v) is 2.27. The molecule has 1 fully saturated rings. The summed E-state index contributed by atoms with van der Waals surface area (Å²) >= 11 is 0. The molecule has 2 unspecified atom stereocenters. The summed E-state index contributed by atoms with van der Waals surface area (Å²) < 4.78 is 4.94. The summed E-state index contributed by atoms with van der Waals surface area (Å²) in [6, 6.07) is 1.93. The second-order valence-electron chi connectivity index (χ2n) is 4.81. The van der Waals surface area contributed by atoms with Crippen molar-refractivity contribution in [3.8, 4) is 0 Å². The Morgan fingerprint density at radius 1 is 1.65 bits per heavy atom. The van der Waals surface area contributed by atoms with Crippen LogP contribution < -0.4 is 5.73 Å². The molecule has 94 valence electrons. The van der Waals surface area contributed by atoms with E-state index >= 15 is 0 Å². The number of carbonyl (C=O) groups excluding carboxylic acids is 1. The van der Waals surface area contributed by atoms with Crippen LogP contribution in [-0.2, 0) is 0 Å². The molecule has 17 heavy (non-hydrogen) atoms. The number of likely N-dealkylation sites (tertiary alicyclic amines) is 1. The van der Waals surface area contributed by atoms with Gasteiger partial charge in [0.2, 0.25) is 0 Å². The molecule has 2 N–H and O–H groups in total. The van der Waals surface area contributed by atoms with E-state index in [0.29, 0.717) is 23.9 Å². The molecule has 5 heteroatoms. The van der Waals surface area contributed by atoms with E-state index in [1.54, 1.807) is 13.0 Å². The first-order valence-corrected chi connectivity index (χ1v) is 6.06. The van der Waals surface area contributed by atoms with Crippen LogP contribution in [0, 0.1) is 12.8 Å². The van der Waals surface area contributed by atoms with Crippen molar-refractivity contribution >= 4 is 5.91 Å². The van der Waals surface area contributed by atoms with E-state index in [-0.39, 0.29) is 11.9 Å². The number of rotatable bonds is 2. The fraction of sp³-hybridized carbons (Fsp3) is 0.667.